The molecule has 4 heteroatoms. The van der Waals surface area contributed by atoms with E-state index in [4.69, 9.17) is 0 Å². The van der Waals surface area contributed by atoms with Crippen molar-refractivity contribution in [2.75, 3.05) is 0 Å². The van der Waals surface area contributed by atoms with Crippen LogP contribution in [0.5, 0.6) is 0 Å². The van der Waals surface area contributed by atoms with Crippen LogP contribution in [-0.2, 0) is 5.92 Å². The Labute approximate surface area is 81.9 Å². The summed E-state index contributed by atoms with van der Waals surface area (Å²) >= 11 is 3.09. The molecule has 1 aliphatic rings. The molecule has 0 atom stereocenters. The van der Waals surface area contributed by atoms with Gasteiger partial charge in [-0.3, -0.25) is 4.79 Å². The molecule has 68 valence electrons. The summed E-state index contributed by atoms with van der Waals surface area (Å²) in [6, 6.07) is 4.33. The Kier molecular flexibility index (Phi) is 1.77. The number of rotatable bonds is 0. The second kappa shape index (κ2) is 2.61. The molecule has 0 saturated heterocycles. The first-order chi connectivity index (χ1) is 6.00. The zero-order valence-corrected chi connectivity index (χ0v) is 8.07. The minimum Gasteiger partial charge on any atom is -0.294 e. The van der Waals surface area contributed by atoms with Gasteiger partial charge in [-0.25, -0.2) is 8.78 Å². The number of ketones is 1. The average Bonchev–Trinajstić information content (AvgIpc) is 2.23. The van der Waals surface area contributed by atoms with Gasteiger partial charge >= 0.3 is 0 Å². The summed E-state index contributed by atoms with van der Waals surface area (Å²) < 4.78 is 26.8. The maximum atomic E-state index is 13.1. The quantitative estimate of drug-likeness (QED) is 0.688. The summed E-state index contributed by atoms with van der Waals surface area (Å²) in [6.07, 6.45) is -0.696. The summed E-state index contributed by atoms with van der Waals surface area (Å²) in [5, 5.41) is 0. The van der Waals surface area contributed by atoms with Gasteiger partial charge in [-0.1, -0.05) is 15.9 Å². The number of carbonyl (C=O) groups is 1. The van der Waals surface area contributed by atoms with Crippen LogP contribution in [0.2, 0.25) is 0 Å². The largest absolute Gasteiger partial charge is 0.294 e. The highest BCUT2D eigenvalue weighted by molar-refractivity contribution is 9.10. The summed E-state index contributed by atoms with van der Waals surface area (Å²) in [7, 11) is 0. The minimum atomic E-state index is -2.99. The number of Topliss-reactive ketones (excluding diaryl/α,β-unsaturated/α-hetero) is 1. The summed E-state index contributed by atoms with van der Waals surface area (Å²) in [5.41, 5.74) is -0.0138. The first-order valence-corrected chi connectivity index (χ1v) is 4.51. The predicted octanol–water partition coefficient (Wildman–Crippen LogP) is 3.13. The number of fused-ring (bicyclic) bond motifs is 1. The fourth-order valence-corrected chi connectivity index (χ4v) is 1.82. The van der Waals surface area contributed by atoms with Crippen LogP contribution in [0.25, 0.3) is 0 Å². The van der Waals surface area contributed by atoms with E-state index in [1.807, 2.05) is 0 Å². The van der Waals surface area contributed by atoms with Crippen molar-refractivity contribution in [2.24, 2.45) is 0 Å². The van der Waals surface area contributed by atoms with Crippen molar-refractivity contribution in [2.45, 2.75) is 12.3 Å². The van der Waals surface area contributed by atoms with Crippen LogP contribution in [0.4, 0.5) is 8.78 Å². The van der Waals surface area contributed by atoms with E-state index in [2.05, 4.69) is 15.9 Å². The number of alkyl halides is 2. The molecule has 0 N–H and O–H groups in total. The van der Waals surface area contributed by atoms with Gasteiger partial charge in [-0.15, -0.1) is 0 Å². The Bertz CT molecular complexity index is 387. The van der Waals surface area contributed by atoms with Crippen LogP contribution in [0.15, 0.2) is 22.7 Å². The van der Waals surface area contributed by atoms with Gasteiger partial charge in [-0.05, 0) is 18.2 Å². The lowest BCUT2D eigenvalue weighted by molar-refractivity contribution is 0.00103. The van der Waals surface area contributed by atoms with E-state index in [9.17, 15) is 13.6 Å². The zero-order chi connectivity index (χ0) is 9.64. The molecular weight excluding hydrogens is 242 g/mol. The fourth-order valence-electron chi connectivity index (χ4n) is 1.45. The Morgan fingerprint density at radius 2 is 2.08 bits per heavy atom. The summed E-state index contributed by atoms with van der Waals surface area (Å²) in [5.74, 6) is -3.47. The monoisotopic (exact) mass is 246 g/mol. The van der Waals surface area contributed by atoms with Crippen molar-refractivity contribution in [3.63, 3.8) is 0 Å². The molecule has 1 nitrogen and oxygen atoms in total. The van der Waals surface area contributed by atoms with E-state index in [0.29, 0.717) is 4.47 Å². The van der Waals surface area contributed by atoms with Gasteiger partial charge in [0, 0.05) is 15.6 Å². The smallest absolute Gasteiger partial charge is 0.281 e. The molecule has 0 radical (unpaired) electrons. The maximum Gasteiger partial charge on any atom is 0.281 e. The molecule has 0 bridgehead atoms. The van der Waals surface area contributed by atoms with Crippen LogP contribution < -0.4 is 0 Å². The molecule has 0 saturated carbocycles. The molecule has 0 aliphatic heterocycles. The average molecular weight is 247 g/mol. The molecular formula is C9H5BrF2O. The van der Waals surface area contributed by atoms with Crippen LogP contribution in [0, 0.1) is 0 Å². The van der Waals surface area contributed by atoms with Crippen LogP contribution in [0.1, 0.15) is 22.3 Å². The van der Waals surface area contributed by atoms with Crippen molar-refractivity contribution in [1.82, 2.24) is 0 Å². The van der Waals surface area contributed by atoms with Gasteiger partial charge in [0.25, 0.3) is 5.92 Å². The predicted molar refractivity (Wildman–Crippen MR) is 47.0 cm³/mol. The fraction of sp³-hybridized carbons (Fsp3) is 0.222. The van der Waals surface area contributed by atoms with Crippen molar-refractivity contribution < 1.29 is 13.6 Å². The topological polar surface area (TPSA) is 17.1 Å². The Morgan fingerprint density at radius 1 is 1.38 bits per heavy atom. The van der Waals surface area contributed by atoms with E-state index >= 15 is 0 Å². The minimum absolute atomic E-state index is 0.146. The van der Waals surface area contributed by atoms with E-state index < -0.39 is 18.1 Å². The molecule has 0 spiro atoms. The molecule has 13 heavy (non-hydrogen) atoms. The van der Waals surface area contributed by atoms with E-state index in [1.165, 1.54) is 12.1 Å². The molecule has 0 heterocycles. The Hall–Kier alpha value is -0.770. The van der Waals surface area contributed by atoms with Gasteiger partial charge in [0.1, 0.15) is 0 Å². The van der Waals surface area contributed by atoms with Gasteiger partial charge in [0.2, 0.25) is 0 Å². The van der Waals surface area contributed by atoms with E-state index in [1.54, 1.807) is 6.07 Å². The number of carbonyl (C=O) groups excluding carboxylic acids is 1. The summed E-state index contributed by atoms with van der Waals surface area (Å²) in [6.45, 7) is 0. The maximum absolute atomic E-state index is 13.1. The molecule has 0 fully saturated rings. The van der Waals surface area contributed by atoms with Crippen molar-refractivity contribution >= 4 is 21.7 Å². The van der Waals surface area contributed by atoms with Crippen LogP contribution in [-0.4, -0.2) is 5.78 Å². The first-order valence-electron chi connectivity index (χ1n) is 3.72. The highest BCUT2D eigenvalue weighted by Crippen LogP contribution is 2.42. The number of hydrogen-bond donors (Lipinski definition) is 0. The van der Waals surface area contributed by atoms with Gasteiger partial charge in [0.05, 0.1) is 6.42 Å². The number of hydrogen-bond acceptors (Lipinski definition) is 1. The van der Waals surface area contributed by atoms with Crippen molar-refractivity contribution in [3.05, 3.63) is 33.8 Å². The molecule has 1 aromatic carbocycles. The Morgan fingerprint density at radius 3 is 2.77 bits per heavy atom. The SMILES string of the molecule is O=C1CC(F)(F)c2cc(Br)ccc21. The van der Waals surface area contributed by atoms with Gasteiger partial charge in [-0.2, -0.15) is 0 Å². The molecule has 1 aromatic rings. The van der Waals surface area contributed by atoms with E-state index in [-0.39, 0.29) is 11.1 Å². The molecule has 0 aromatic heterocycles. The number of benzene rings is 1. The normalized spacial score (nSPS) is 18.8. The van der Waals surface area contributed by atoms with E-state index in [0.717, 1.165) is 0 Å². The molecule has 0 unspecified atom stereocenters. The third-order valence-electron chi connectivity index (χ3n) is 2.06. The van der Waals surface area contributed by atoms with Gasteiger partial charge < -0.3 is 0 Å². The van der Waals surface area contributed by atoms with Crippen molar-refractivity contribution in [3.8, 4) is 0 Å². The Balaban J connectivity index is 2.66. The molecule has 2 rings (SSSR count). The van der Waals surface area contributed by atoms with Crippen LogP contribution >= 0.6 is 15.9 Å². The second-order valence-corrected chi connectivity index (χ2v) is 3.91. The third-order valence-corrected chi connectivity index (χ3v) is 2.55. The van der Waals surface area contributed by atoms with Crippen LogP contribution in [0.3, 0.4) is 0 Å². The molecule has 1 aliphatic carbocycles. The third kappa shape index (κ3) is 1.29. The van der Waals surface area contributed by atoms with Gasteiger partial charge in [0.15, 0.2) is 5.78 Å². The first kappa shape index (κ1) is 8.81. The summed E-state index contributed by atoms with van der Waals surface area (Å²) in [4.78, 5) is 11.1. The lowest BCUT2D eigenvalue weighted by Crippen LogP contribution is -2.08. The molecule has 0 amide bonds. The lowest BCUT2D eigenvalue weighted by Gasteiger charge is -2.08. The standard InChI is InChI=1S/C9H5BrF2O/c10-5-1-2-6-7(3-5)9(11,12)4-8(6)13/h1-3H,4H2. The highest BCUT2D eigenvalue weighted by Gasteiger charge is 2.44. The van der Waals surface area contributed by atoms with Crippen molar-refractivity contribution in [1.29, 1.82) is 0 Å². The zero-order valence-electron chi connectivity index (χ0n) is 6.48. The highest BCUT2D eigenvalue weighted by atomic mass is 79.9. The second-order valence-electron chi connectivity index (χ2n) is 2.99. The lowest BCUT2D eigenvalue weighted by atomic mass is 10.1. The number of halogens is 3.